The summed E-state index contributed by atoms with van der Waals surface area (Å²) in [6, 6.07) is 26.7. The molecule has 0 radical (unpaired) electrons. The van der Waals surface area contributed by atoms with Crippen LogP contribution >= 0.6 is 0 Å². The maximum atomic E-state index is 4.47. The minimum absolute atomic E-state index is 0.876. The van der Waals surface area contributed by atoms with Gasteiger partial charge in [-0.25, -0.2) is 0 Å². The average molecular weight is 409 g/mol. The van der Waals surface area contributed by atoms with Gasteiger partial charge >= 0.3 is 0 Å². The fourth-order valence-electron chi connectivity index (χ4n) is 3.79. The van der Waals surface area contributed by atoms with Gasteiger partial charge in [0.05, 0.1) is 11.4 Å². The van der Waals surface area contributed by atoms with Crippen LogP contribution in [-0.4, -0.2) is 46.6 Å². The molecule has 31 heavy (non-hydrogen) atoms. The van der Waals surface area contributed by atoms with Crippen molar-refractivity contribution in [2.45, 2.75) is 6.92 Å². The second-order valence-corrected chi connectivity index (χ2v) is 7.76. The normalized spacial score (nSPS) is 14.0. The predicted molar refractivity (Wildman–Crippen MR) is 124 cm³/mol. The molecule has 0 saturated carbocycles. The molecule has 0 spiro atoms. The quantitative estimate of drug-likeness (QED) is 0.504. The van der Waals surface area contributed by atoms with E-state index < -0.39 is 0 Å². The lowest BCUT2D eigenvalue weighted by Gasteiger charge is -2.35. The summed E-state index contributed by atoms with van der Waals surface area (Å²) in [6.07, 6.45) is 0. The highest BCUT2D eigenvalue weighted by molar-refractivity contribution is 5.61. The number of aromatic nitrogens is 4. The lowest BCUT2D eigenvalue weighted by molar-refractivity contribution is 0.635. The summed E-state index contributed by atoms with van der Waals surface area (Å²) in [7, 11) is 0. The number of nitrogens with zero attached hydrogens (tertiary/aromatic N) is 6. The molecule has 6 nitrogen and oxygen atoms in total. The largest absolute Gasteiger partial charge is 0.352 e. The van der Waals surface area contributed by atoms with E-state index >= 15 is 0 Å². The lowest BCUT2D eigenvalue weighted by atomic mass is 10.1. The topological polar surface area (TPSA) is 58.0 Å². The molecule has 3 heterocycles. The molecule has 4 aromatic rings. The number of piperazine rings is 1. The van der Waals surface area contributed by atoms with Crippen LogP contribution in [0.3, 0.4) is 0 Å². The van der Waals surface area contributed by atoms with Gasteiger partial charge in [-0.15, -0.1) is 20.4 Å². The van der Waals surface area contributed by atoms with E-state index in [-0.39, 0.29) is 0 Å². The fraction of sp³-hybridized carbons (Fsp3) is 0.200. The standard InChI is InChI=1S/C25H24N6/c1-19-7-9-21(10-8-19)23-12-14-25(29-27-23)31-17-15-30(16-18-31)24-13-11-22(26-28-24)20-5-3-2-4-6-20/h2-14H,15-18H2,1H3. The number of hydrogen-bond acceptors (Lipinski definition) is 6. The van der Waals surface area contributed by atoms with E-state index in [0.29, 0.717) is 0 Å². The van der Waals surface area contributed by atoms with Crippen LogP contribution in [0, 0.1) is 6.92 Å². The number of rotatable bonds is 4. The Kier molecular flexibility index (Phi) is 5.27. The molecule has 0 unspecified atom stereocenters. The first-order valence-corrected chi connectivity index (χ1v) is 10.6. The zero-order valence-corrected chi connectivity index (χ0v) is 17.5. The van der Waals surface area contributed by atoms with Crippen LogP contribution in [0.1, 0.15) is 5.56 Å². The van der Waals surface area contributed by atoms with Crippen molar-refractivity contribution in [1.29, 1.82) is 0 Å². The van der Waals surface area contributed by atoms with Gasteiger partial charge in [0.2, 0.25) is 0 Å². The zero-order valence-electron chi connectivity index (χ0n) is 17.5. The van der Waals surface area contributed by atoms with Gasteiger partial charge in [-0.3, -0.25) is 0 Å². The van der Waals surface area contributed by atoms with Crippen LogP contribution in [0.5, 0.6) is 0 Å². The van der Waals surface area contributed by atoms with Crippen LogP contribution in [0.15, 0.2) is 78.9 Å². The molecule has 5 rings (SSSR count). The van der Waals surface area contributed by atoms with Crippen molar-refractivity contribution in [1.82, 2.24) is 20.4 Å². The summed E-state index contributed by atoms with van der Waals surface area (Å²) in [4.78, 5) is 4.54. The summed E-state index contributed by atoms with van der Waals surface area (Å²) < 4.78 is 0. The third kappa shape index (κ3) is 4.23. The molecule has 1 saturated heterocycles. The highest BCUT2D eigenvalue weighted by atomic mass is 15.3. The molecule has 2 aromatic carbocycles. The Hall–Kier alpha value is -3.80. The molecule has 0 aliphatic carbocycles. The maximum Gasteiger partial charge on any atom is 0.151 e. The van der Waals surface area contributed by atoms with Crippen LogP contribution in [0.25, 0.3) is 22.5 Å². The minimum atomic E-state index is 0.876. The Labute approximate surface area is 182 Å². The number of benzene rings is 2. The first-order chi connectivity index (χ1) is 15.3. The van der Waals surface area contributed by atoms with Gasteiger partial charge in [-0.1, -0.05) is 60.2 Å². The molecular formula is C25H24N6. The molecule has 1 aliphatic rings. The molecule has 0 atom stereocenters. The molecule has 0 bridgehead atoms. The Balaban J connectivity index is 1.22. The van der Waals surface area contributed by atoms with Gasteiger partial charge in [0, 0.05) is 37.3 Å². The van der Waals surface area contributed by atoms with E-state index in [4.69, 9.17) is 0 Å². The smallest absolute Gasteiger partial charge is 0.151 e. The first-order valence-electron chi connectivity index (χ1n) is 10.6. The van der Waals surface area contributed by atoms with Gasteiger partial charge in [-0.2, -0.15) is 0 Å². The van der Waals surface area contributed by atoms with Crippen molar-refractivity contribution in [2.24, 2.45) is 0 Å². The highest BCUT2D eigenvalue weighted by Gasteiger charge is 2.20. The summed E-state index contributed by atoms with van der Waals surface area (Å²) >= 11 is 0. The molecule has 154 valence electrons. The van der Waals surface area contributed by atoms with E-state index in [0.717, 1.165) is 60.3 Å². The van der Waals surface area contributed by atoms with E-state index in [9.17, 15) is 0 Å². The highest BCUT2D eigenvalue weighted by Crippen LogP contribution is 2.22. The summed E-state index contributed by atoms with van der Waals surface area (Å²) in [5.41, 5.74) is 5.21. The second kappa shape index (κ2) is 8.52. The molecule has 1 fully saturated rings. The average Bonchev–Trinajstić information content (AvgIpc) is 2.85. The molecule has 1 aliphatic heterocycles. The predicted octanol–water partition coefficient (Wildman–Crippen LogP) is 4.24. The van der Waals surface area contributed by atoms with Crippen LogP contribution in [0.2, 0.25) is 0 Å². The number of hydrogen-bond donors (Lipinski definition) is 0. The first kappa shape index (κ1) is 19.2. The van der Waals surface area contributed by atoms with Gasteiger partial charge < -0.3 is 9.80 Å². The monoisotopic (exact) mass is 408 g/mol. The third-order valence-corrected chi connectivity index (χ3v) is 5.65. The molecule has 2 aromatic heterocycles. The van der Waals surface area contributed by atoms with Crippen molar-refractivity contribution in [3.63, 3.8) is 0 Å². The fourth-order valence-corrected chi connectivity index (χ4v) is 3.79. The molecule has 6 heteroatoms. The van der Waals surface area contributed by atoms with Crippen molar-refractivity contribution in [3.8, 4) is 22.5 Å². The molecule has 0 N–H and O–H groups in total. The maximum absolute atomic E-state index is 4.47. The zero-order chi connectivity index (χ0) is 21.0. The SMILES string of the molecule is Cc1ccc(-c2ccc(N3CCN(c4ccc(-c5ccccc5)nn4)CC3)nn2)cc1. The van der Waals surface area contributed by atoms with Crippen molar-refractivity contribution < 1.29 is 0 Å². The Bertz CT molecular complexity index is 1120. The van der Waals surface area contributed by atoms with E-state index in [1.54, 1.807) is 0 Å². The second-order valence-electron chi connectivity index (χ2n) is 7.76. The number of aryl methyl sites for hydroxylation is 1. The Morgan fingerprint density at radius 3 is 1.45 bits per heavy atom. The van der Waals surface area contributed by atoms with Gasteiger partial charge in [-0.05, 0) is 31.2 Å². The van der Waals surface area contributed by atoms with Gasteiger partial charge in [0.1, 0.15) is 0 Å². The lowest BCUT2D eigenvalue weighted by Crippen LogP contribution is -2.47. The number of anilines is 2. The van der Waals surface area contributed by atoms with E-state index in [1.165, 1.54) is 5.56 Å². The van der Waals surface area contributed by atoms with E-state index in [1.807, 2.05) is 42.5 Å². The Morgan fingerprint density at radius 2 is 1.00 bits per heavy atom. The summed E-state index contributed by atoms with van der Waals surface area (Å²) in [5.74, 6) is 1.83. The van der Waals surface area contributed by atoms with Gasteiger partial charge in [0.15, 0.2) is 11.6 Å². The Morgan fingerprint density at radius 1 is 0.516 bits per heavy atom. The summed E-state index contributed by atoms with van der Waals surface area (Å²) in [5, 5.41) is 17.8. The van der Waals surface area contributed by atoms with Crippen LogP contribution in [0.4, 0.5) is 11.6 Å². The van der Waals surface area contributed by atoms with Gasteiger partial charge in [0.25, 0.3) is 0 Å². The van der Waals surface area contributed by atoms with Crippen molar-refractivity contribution >= 4 is 11.6 Å². The van der Waals surface area contributed by atoms with Crippen LogP contribution in [-0.2, 0) is 0 Å². The van der Waals surface area contributed by atoms with Crippen LogP contribution < -0.4 is 9.80 Å². The molecule has 0 amide bonds. The van der Waals surface area contributed by atoms with Crippen molar-refractivity contribution in [3.05, 3.63) is 84.4 Å². The summed E-state index contributed by atoms with van der Waals surface area (Å²) in [6.45, 7) is 5.59. The van der Waals surface area contributed by atoms with Crippen molar-refractivity contribution in [2.75, 3.05) is 36.0 Å². The minimum Gasteiger partial charge on any atom is -0.352 e. The third-order valence-electron chi connectivity index (χ3n) is 5.65. The molecular weight excluding hydrogens is 384 g/mol. The van der Waals surface area contributed by atoms with E-state index in [2.05, 4.69) is 73.5 Å².